The largest absolute Gasteiger partial charge is 0.491 e. The molecule has 1 aromatic rings. The fourth-order valence-electron chi connectivity index (χ4n) is 2.27. The Bertz CT molecular complexity index is 516. The summed E-state index contributed by atoms with van der Waals surface area (Å²) in [6.07, 6.45) is -0.956. The molecule has 2 atom stereocenters. The first-order valence-electron chi connectivity index (χ1n) is 7.42. The minimum Gasteiger partial charge on any atom is -0.491 e. The molecule has 1 rings (SSSR count). The van der Waals surface area contributed by atoms with Crippen molar-refractivity contribution in [3.05, 3.63) is 29.8 Å². The van der Waals surface area contributed by atoms with Crippen molar-refractivity contribution < 1.29 is 23.4 Å². The molecule has 0 aliphatic rings. The fourth-order valence-corrected chi connectivity index (χ4v) is 2.27. The summed E-state index contributed by atoms with van der Waals surface area (Å²) in [5, 5.41) is 12.5. The minimum atomic E-state index is -1.02. The third kappa shape index (κ3) is 6.11. The predicted octanol–water partition coefficient (Wildman–Crippen LogP) is 1.41. The van der Waals surface area contributed by atoms with Crippen LogP contribution in [0.2, 0.25) is 0 Å². The van der Waals surface area contributed by atoms with Gasteiger partial charge in [-0.3, -0.25) is 9.69 Å². The SMILES string of the molecule is CC(C)C(C(=O)NCC(O)COc1ccc(F)c(F)c1)N(C)C. The minimum absolute atomic E-state index is 0.0135. The zero-order valence-electron chi connectivity index (χ0n) is 13.8. The molecule has 0 heterocycles. The van der Waals surface area contributed by atoms with Gasteiger partial charge < -0.3 is 15.2 Å². The van der Waals surface area contributed by atoms with Gasteiger partial charge in [0.05, 0.1) is 6.04 Å². The summed E-state index contributed by atoms with van der Waals surface area (Å²) in [7, 11) is 3.62. The molecule has 23 heavy (non-hydrogen) atoms. The van der Waals surface area contributed by atoms with Crippen molar-refractivity contribution in [1.82, 2.24) is 10.2 Å². The van der Waals surface area contributed by atoms with E-state index in [0.29, 0.717) is 0 Å². The van der Waals surface area contributed by atoms with Gasteiger partial charge in [0.1, 0.15) is 18.5 Å². The molecule has 1 amide bonds. The Morgan fingerprint density at radius 1 is 1.30 bits per heavy atom. The molecule has 2 N–H and O–H groups in total. The monoisotopic (exact) mass is 330 g/mol. The number of aliphatic hydroxyl groups is 1. The van der Waals surface area contributed by atoms with E-state index in [2.05, 4.69) is 5.32 Å². The molecule has 0 aliphatic heterocycles. The molecule has 0 fully saturated rings. The highest BCUT2D eigenvalue weighted by Gasteiger charge is 2.24. The standard InChI is InChI=1S/C16H24F2N2O3/c1-10(2)15(20(3)4)16(22)19-8-11(21)9-23-12-5-6-13(17)14(18)7-12/h5-7,10-11,15,21H,8-9H2,1-4H3,(H,19,22). The van der Waals surface area contributed by atoms with E-state index < -0.39 is 17.7 Å². The summed E-state index contributed by atoms with van der Waals surface area (Å²) in [5.74, 6) is -1.93. The lowest BCUT2D eigenvalue weighted by Crippen LogP contribution is -2.48. The molecule has 5 nitrogen and oxygen atoms in total. The van der Waals surface area contributed by atoms with Crippen LogP contribution in [0.1, 0.15) is 13.8 Å². The summed E-state index contributed by atoms with van der Waals surface area (Å²) < 4.78 is 31.0. The quantitative estimate of drug-likeness (QED) is 0.756. The van der Waals surface area contributed by atoms with Crippen LogP contribution in [0.4, 0.5) is 8.78 Å². The fraction of sp³-hybridized carbons (Fsp3) is 0.562. The second-order valence-corrected chi connectivity index (χ2v) is 5.94. The Labute approximate surface area is 135 Å². The number of aliphatic hydroxyl groups excluding tert-OH is 1. The Morgan fingerprint density at radius 2 is 1.96 bits per heavy atom. The number of hydrogen-bond acceptors (Lipinski definition) is 4. The molecular weight excluding hydrogens is 306 g/mol. The predicted molar refractivity (Wildman–Crippen MR) is 83.2 cm³/mol. The molecule has 0 aromatic heterocycles. The number of benzene rings is 1. The van der Waals surface area contributed by atoms with Crippen molar-refractivity contribution >= 4 is 5.91 Å². The molecule has 0 aliphatic carbocycles. The molecule has 7 heteroatoms. The second-order valence-electron chi connectivity index (χ2n) is 5.94. The summed E-state index contributed by atoms with van der Waals surface area (Å²) in [5.41, 5.74) is 0. The third-order valence-corrected chi connectivity index (χ3v) is 3.30. The highest BCUT2D eigenvalue weighted by molar-refractivity contribution is 5.81. The number of nitrogens with zero attached hydrogens (tertiary/aromatic N) is 1. The first-order chi connectivity index (χ1) is 10.7. The maximum Gasteiger partial charge on any atom is 0.237 e. The Morgan fingerprint density at radius 3 is 2.48 bits per heavy atom. The van der Waals surface area contributed by atoms with Crippen LogP contribution in [0, 0.1) is 17.6 Å². The lowest BCUT2D eigenvalue weighted by atomic mass is 10.0. The number of halogens is 2. The van der Waals surface area contributed by atoms with Gasteiger partial charge in [-0.15, -0.1) is 0 Å². The van der Waals surface area contributed by atoms with Crippen LogP contribution in [0.25, 0.3) is 0 Å². The Balaban J connectivity index is 2.43. The van der Waals surface area contributed by atoms with E-state index in [9.17, 15) is 18.7 Å². The van der Waals surface area contributed by atoms with Gasteiger partial charge in [-0.25, -0.2) is 8.78 Å². The second kappa shape index (κ2) is 8.79. The zero-order chi connectivity index (χ0) is 17.6. The molecule has 0 radical (unpaired) electrons. The first-order valence-corrected chi connectivity index (χ1v) is 7.42. The number of hydrogen-bond donors (Lipinski definition) is 2. The molecule has 1 aromatic carbocycles. The van der Waals surface area contributed by atoms with Gasteiger partial charge in [-0.05, 0) is 32.1 Å². The highest BCUT2D eigenvalue weighted by atomic mass is 19.2. The van der Waals surface area contributed by atoms with E-state index in [1.54, 1.807) is 0 Å². The van der Waals surface area contributed by atoms with Crippen molar-refractivity contribution in [2.45, 2.75) is 26.0 Å². The number of likely N-dealkylation sites (N-methyl/N-ethyl adjacent to an activating group) is 1. The molecule has 0 spiro atoms. The lowest BCUT2D eigenvalue weighted by Gasteiger charge is -2.27. The molecule has 0 bridgehead atoms. The van der Waals surface area contributed by atoms with Crippen LogP contribution >= 0.6 is 0 Å². The summed E-state index contributed by atoms with van der Waals surface area (Å²) in [4.78, 5) is 13.9. The molecule has 2 unspecified atom stereocenters. The van der Waals surface area contributed by atoms with E-state index in [4.69, 9.17) is 4.74 Å². The van der Waals surface area contributed by atoms with Crippen molar-refractivity contribution in [2.24, 2.45) is 5.92 Å². The maximum atomic E-state index is 13.0. The van der Waals surface area contributed by atoms with Gasteiger partial charge >= 0.3 is 0 Å². The summed E-state index contributed by atoms with van der Waals surface area (Å²) >= 11 is 0. The number of ether oxygens (including phenoxy) is 1. The van der Waals surface area contributed by atoms with E-state index in [1.165, 1.54) is 6.07 Å². The number of amides is 1. The molecule has 130 valence electrons. The van der Waals surface area contributed by atoms with Crippen LogP contribution in [-0.2, 0) is 4.79 Å². The number of rotatable bonds is 8. The van der Waals surface area contributed by atoms with Crippen LogP contribution in [0.5, 0.6) is 5.75 Å². The van der Waals surface area contributed by atoms with Gasteiger partial charge in [-0.2, -0.15) is 0 Å². The van der Waals surface area contributed by atoms with Crippen molar-refractivity contribution in [2.75, 3.05) is 27.2 Å². The van der Waals surface area contributed by atoms with Crippen molar-refractivity contribution in [3.63, 3.8) is 0 Å². The number of carbonyl (C=O) groups is 1. The van der Waals surface area contributed by atoms with Crippen molar-refractivity contribution in [1.29, 1.82) is 0 Å². The van der Waals surface area contributed by atoms with Crippen molar-refractivity contribution in [3.8, 4) is 5.75 Å². The maximum absolute atomic E-state index is 13.0. The summed E-state index contributed by atoms with van der Waals surface area (Å²) in [6.45, 7) is 3.75. The molecule has 0 saturated heterocycles. The van der Waals surface area contributed by atoms with Crippen LogP contribution in [0.3, 0.4) is 0 Å². The third-order valence-electron chi connectivity index (χ3n) is 3.30. The normalized spacial score (nSPS) is 14.0. The van der Waals surface area contributed by atoms with Gasteiger partial charge in [0, 0.05) is 12.6 Å². The zero-order valence-corrected chi connectivity index (χ0v) is 13.8. The highest BCUT2D eigenvalue weighted by Crippen LogP contribution is 2.15. The van der Waals surface area contributed by atoms with Crippen LogP contribution in [0.15, 0.2) is 18.2 Å². The van der Waals surface area contributed by atoms with Crippen LogP contribution in [-0.4, -0.2) is 55.3 Å². The van der Waals surface area contributed by atoms with E-state index >= 15 is 0 Å². The summed E-state index contributed by atoms with van der Waals surface area (Å²) in [6, 6.07) is 2.82. The Hall–Kier alpha value is -1.73. The lowest BCUT2D eigenvalue weighted by molar-refractivity contribution is -0.127. The number of nitrogens with one attached hydrogen (secondary N) is 1. The smallest absolute Gasteiger partial charge is 0.237 e. The van der Waals surface area contributed by atoms with E-state index in [1.807, 2.05) is 32.8 Å². The van der Waals surface area contributed by atoms with Gasteiger partial charge in [-0.1, -0.05) is 13.8 Å². The van der Waals surface area contributed by atoms with E-state index in [-0.39, 0.29) is 36.8 Å². The van der Waals surface area contributed by atoms with Crippen LogP contribution < -0.4 is 10.1 Å². The van der Waals surface area contributed by atoms with E-state index in [0.717, 1.165) is 12.1 Å². The first kappa shape index (κ1) is 19.3. The average Bonchev–Trinajstić information content (AvgIpc) is 2.45. The topological polar surface area (TPSA) is 61.8 Å². The average molecular weight is 330 g/mol. The Kier molecular flexibility index (Phi) is 7.38. The van der Waals surface area contributed by atoms with Gasteiger partial charge in [0.15, 0.2) is 11.6 Å². The molecule has 0 saturated carbocycles. The molecular formula is C16H24F2N2O3. The number of carbonyl (C=O) groups excluding carboxylic acids is 1. The van der Waals surface area contributed by atoms with Gasteiger partial charge in [0.25, 0.3) is 0 Å². The van der Waals surface area contributed by atoms with Gasteiger partial charge in [0.2, 0.25) is 5.91 Å².